The maximum atomic E-state index is 13.5. The first-order valence-corrected chi connectivity index (χ1v) is 12.8. The number of hydrogen-bond donors (Lipinski definition) is 3. The highest BCUT2D eigenvalue weighted by Crippen LogP contribution is 2.49. The molecule has 0 bridgehead atoms. The van der Waals surface area contributed by atoms with E-state index in [0.717, 1.165) is 22.8 Å². The topological polar surface area (TPSA) is 63.8 Å². The maximum Gasteiger partial charge on any atom is 0.209 e. The Hall–Kier alpha value is -2.93. The number of rotatable bonds is 6. The maximum absolute atomic E-state index is 13.5. The molecule has 2 aromatic rings. The van der Waals surface area contributed by atoms with E-state index in [2.05, 4.69) is 61.4 Å². The molecular weight excluding hydrogens is 468 g/mol. The molecule has 0 saturated carbocycles. The first kappa shape index (κ1) is 24.8. The number of ketones is 1. The third kappa shape index (κ3) is 3.54. The molecule has 36 heavy (non-hydrogen) atoms. The van der Waals surface area contributed by atoms with Crippen LogP contribution >= 0.6 is 12.6 Å². The van der Waals surface area contributed by atoms with Crippen molar-refractivity contribution in [3.63, 3.8) is 0 Å². The summed E-state index contributed by atoms with van der Waals surface area (Å²) in [7, 11) is 0. The van der Waals surface area contributed by atoms with Crippen LogP contribution in [0.1, 0.15) is 38.8 Å². The van der Waals surface area contributed by atoms with Gasteiger partial charge < -0.3 is 15.1 Å². The molecule has 5 nitrogen and oxygen atoms in total. The van der Waals surface area contributed by atoms with E-state index in [9.17, 15) is 15.0 Å². The van der Waals surface area contributed by atoms with Gasteiger partial charge in [0, 0.05) is 57.1 Å². The molecule has 3 aliphatic rings. The fourth-order valence-electron chi connectivity index (χ4n) is 5.87. The van der Waals surface area contributed by atoms with Gasteiger partial charge in [0.2, 0.25) is 5.69 Å². The summed E-state index contributed by atoms with van der Waals surface area (Å²) in [5.74, 6) is -0.0357. The zero-order chi connectivity index (χ0) is 25.8. The standard InChI is InChI=1S/C30H32N2O3S/c1-29(2)21-9-5-7-11-23(21)31(13-15-33)25(29)17-19-27(35)20(28(19)36)18-26-30(3,4)22-10-6-8-12-24(22)32(26)14-16-34/h5-12,17-18,33-34H,13-16H2,1-4H3/p+1. The van der Waals surface area contributed by atoms with Crippen molar-refractivity contribution in [2.75, 3.05) is 31.2 Å². The van der Waals surface area contributed by atoms with Gasteiger partial charge >= 0.3 is 0 Å². The molecule has 1 aliphatic carbocycles. The van der Waals surface area contributed by atoms with Crippen LogP contribution in [0.5, 0.6) is 0 Å². The monoisotopic (exact) mass is 501 g/mol. The second-order valence-corrected chi connectivity index (χ2v) is 11.0. The van der Waals surface area contributed by atoms with Crippen LogP contribution in [0, 0.1) is 0 Å². The van der Waals surface area contributed by atoms with E-state index in [4.69, 9.17) is 12.6 Å². The molecule has 6 heteroatoms. The Morgan fingerprint density at radius 1 is 0.917 bits per heavy atom. The molecule has 0 unspecified atom stereocenters. The fraction of sp³-hybridized carbons (Fsp3) is 0.333. The van der Waals surface area contributed by atoms with E-state index in [1.54, 1.807) is 0 Å². The number of carbonyl (C=O) groups excluding carboxylic acids is 1. The molecule has 2 aliphatic heterocycles. The van der Waals surface area contributed by atoms with E-state index in [1.165, 1.54) is 11.1 Å². The van der Waals surface area contributed by atoms with Gasteiger partial charge in [-0.1, -0.05) is 50.2 Å². The van der Waals surface area contributed by atoms with E-state index >= 15 is 0 Å². The first-order valence-electron chi connectivity index (χ1n) is 12.4. The van der Waals surface area contributed by atoms with E-state index in [1.807, 2.05) is 36.4 Å². The lowest BCUT2D eigenvalue weighted by Gasteiger charge is -2.29. The van der Waals surface area contributed by atoms with Crippen LogP contribution in [0.25, 0.3) is 0 Å². The average Bonchev–Trinajstić information content (AvgIpc) is 3.20. The number of para-hydroxylation sites is 2. The van der Waals surface area contributed by atoms with Gasteiger partial charge in [-0.3, -0.25) is 4.79 Å². The number of thiol groups is 1. The Labute approximate surface area is 218 Å². The Morgan fingerprint density at radius 2 is 1.58 bits per heavy atom. The zero-order valence-electron chi connectivity index (χ0n) is 21.2. The summed E-state index contributed by atoms with van der Waals surface area (Å²) < 4.78 is 2.10. The SMILES string of the molecule is CC1(C)C(/C=C2/C(=O)C(/C=C3\N(CCO)c4ccccc4C3(C)C)=C2S)=[N+](CCO)c2ccccc21. The number of aliphatic hydroxyl groups excluding tert-OH is 2. The number of carbonyl (C=O) groups is 1. The summed E-state index contributed by atoms with van der Waals surface area (Å²) >= 11 is 4.78. The Balaban J connectivity index is 1.58. The summed E-state index contributed by atoms with van der Waals surface area (Å²) in [6, 6.07) is 16.4. The largest absolute Gasteiger partial charge is 0.395 e. The predicted molar refractivity (Wildman–Crippen MR) is 147 cm³/mol. The lowest BCUT2D eigenvalue weighted by atomic mass is 9.78. The number of hydrogen-bond acceptors (Lipinski definition) is 5. The number of aliphatic hydroxyl groups is 2. The number of nitrogens with zero attached hydrogens (tertiary/aromatic N) is 2. The number of β-amino-alcohol motifs (C(OH)–C–C–N with tert-alkyl or cyclic N) is 2. The highest BCUT2D eigenvalue weighted by Gasteiger charge is 2.46. The van der Waals surface area contributed by atoms with Crippen molar-refractivity contribution in [1.29, 1.82) is 0 Å². The molecule has 2 N–H and O–H groups in total. The summed E-state index contributed by atoms with van der Waals surface area (Å²) in [6.07, 6.45) is 3.89. The fourth-order valence-corrected chi connectivity index (χ4v) is 6.20. The molecule has 2 heterocycles. The highest BCUT2D eigenvalue weighted by molar-refractivity contribution is 7.85. The quantitative estimate of drug-likeness (QED) is 0.312. The molecule has 0 aromatic heterocycles. The summed E-state index contributed by atoms with van der Waals surface area (Å²) in [5.41, 5.74) is 6.99. The van der Waals surface area contributed by atoms with Gasteiger partial charge in [-0.2, -0.15) is 4.58 Å². The molecule has 0 fully saturated rings. The summed E-state index contributed by atoms with van der Waals surface area (Å²) in [5, 5.41) is 19.5. The second-order valence-electron chi connectivity index (χ2n) is 10.6. The molecule has 0 spiro atoms. The number of fused-ring (bicyclic) bond motifs is 2. The Bertz CT molecular complexity index is 1390. The molecule has 0 saturated heterocycles. The molecule has 0 radical (unpaired) electrons. The molecule has 186 valence electrons. The predicted octanol–water partition coefficient (Wildman–Crippen LogP) is 4.42. The van der Waals surface area contributed by atoms with Crippen LogP contribution in [-0.4, -0.2) is 52.6 Å². The van der Waals surface area contributed by atoms with Crippen molar-refractivity contribution >= 4 is 35.5 Å². The molecule has 0 amide bonds. The number of Topliss-reactive ketones (excluding diaryl/α,β-unsaturated/α-hetero) is 1. The van der Waals surface area contributed by atoms with Crippen LogP contribution in [0.3, 0.4) is 0 Å². The van der Waals surface area contributed by atoms with Crippen molar-refractivity contribution in [2.45, 2.75) is 38.5 Å². The number of benzene rings is 2. The van der Waals surface area contributed by atoms with Gasteiger partial charge in [0.05, 0.1) is 12.0 Å². The van der Waals surface area contributed by atoms with Gasteiger partial charge in [0.25, 0.3) is 0 Å². The van der Waals surface area contributed by atoms with Crippen molar-refractivity contribution in [3.8, 4) is 0 Å². The molecular formula is C30H33N2O3S+. The Kier molecular flexibility index (Phi) is 6.10. The first-order chi connectivity index (χ1) is 17.1. The van der Waals surface area contributed by atoms with E-state index in [0.29, 0.717) is 29.1 Å². The van der Waals surface area contributed by atoms with Crippen LogP contribution in [-0.2, 0) is 15.6 Å². The molecule has 0 atom stereocenters. The van der Waals surface area contributed by atoms with Gasteiger partial charge in [-0.15, -0.1) is 12.6 Å². The third-order valence-corrected chi connectivity index (χ3v) is 8.29. The van der Waals surface area contributed by atoms with E-state index in [-0.39, 0.29) is 29.8 Å². The van der Waals surface area contributed by atoms with Gasteiger partial charge in [0.1, 0.15) is 6.61 Å². The summed E-state index contributed by atoms with van der Waals surface area (Å²) in [4.78, 5) is 16.3. The second kappa shape index (κ2) is 8.87. The Morgan fingerprint density at radius 3 is 2.25 bits per heavy atom. The van der Waals surface area contributed by atoms with Crippen molar-refractivity contribution in [3.05, 3.63) is 93.6 Å². The van der Waals surface area contributed by atoms with Crippen LogP contribution in [0.2, 0.25) is 0 Å². The molecule has 5 rings (SSSR count). The van der Waals surface area contributed by atoms with Crippen LogP contribution in [0.15, 0.2) is 82.4 Å². The average molecular weight is 502 g/mol. The lowest BCUT2D eigenvalue weighted by molar-refractivity contribution is -0.441. The van der Waals surface area contributed by atoms with Crippen LogP contribution in [0.4, 0.5) is 11.4 Å². The minimum Gasteiger partial charge on any atom is -0.395 e. The third-order valence-electron chi connectivity index (χ3n) is 7.81. The number of anilines is 1. The van der Waals surface area contributed by atoms with Gasteiger partial charge in [-0.05, 0) is 31.6 Å². The lowest BCUT2D eigenvalue weighted by Crippen LogP contribution is -2.32. The smallest absolute Gasteiger partial charge is 0.209 e. The van der Waals surface area contributed by atoms with Crippen LogP contribution < -0.4 is 4.90 Å². The minimum absolute atomic E-state index is 0.0162. The van der Waals surface area contributed by atoms with Crippen molar-refractivity contribution in [2.24, 2.45) is 0 Å². The van der Waals surface area contributed by atoms with E-state index < -0.39 is 0 Å². The van der Waals surface area contributed by atoms with Gasteiger partial charge in [-0.25, -0.2) is 0 Å². The highest BCUT2D eigenvalue weighted by atomic mass is 32.1. The molecule has 2 aromatic carbocycles. The van der Waals surface area contributed by atoms with Crippen molar-refractivity contribution < 1.29 is 19.6 Å². The summed E-state index contributed by atoms with van der Waals surface area (Å²) in [6.45, 7) is 9.54. The van der Waals surface area contributed by atoms with Crippen molar-refractivity contribution in [1.82, 2.24) is 0 Å². The minimum atomic E-state index is -0.311. The zero-order valence-corrected chi connectivity index (χ0v) is 22.1. The van der Waals surface area contributed by atoms with Gasteiger partial charge in [0.15, 0.2) is 18.0 Å². The normalized spacial score (nSPS) is 22.0. The number of allylic oxidation sites excluding steroid dienone is 5.